The van der Waals surface area contributed by atoms with Crippen LogP contribution in [0.15, 0.2) is 77.9 Å². The molecule has 1 atom stereocenters. The lowest BCUT2D eigenvalue weighted by atomic mass is 9.85. The molecule has 0 bridgehead atoms. The van der Waals surface area contributed by atoms with Crippen molar-refractivity contribution in [3.05, 3.63) is 91.3 Å². The average molecular weight is 519 g/mol. The van der Waals surface area contributed by atoms with Crippen LogP contribution in [0.5, 0.6) is 11.6 Å². The van der Waals surface area contributed by atoms with Gasteiger partial charge in [-0.1, -0.05) is 12.1 Å². The summed E-state index contributed by atoms with van der Waals surface area (Å²) in [4.78, 5) is 22.5. The van der Waals surface area contributed by atoms with Crippen LogP contribution >= 0.6 is 27.3 Å². The summed E-state index contributed by atoms with van der Waals surface area (Å²) in [7, 11) is 0. The van der Waals surface area contributed by atoms with E-state index < -0.39 is 11.5 Å². The molecule has 0 fully saturated rings. The lowest BCUT2D eigenvalue weighted by molar-refractivity contribution is 0.422. The maximum atomic E-state index is 13.2. The van der Waals surface area contributed by atoms with Crippen molar-refractivity contribution in [1.82, 2.24) is 19.6 Å². The van der Waals surface area contributed by atoms with Crippen LogP contribution in [0, 0.1) is 0 Å². The van der Waals surface area contributed by atoms with E-state index in [0.29, 0.717) is 55.6 Å². The molecular weight excluding hydrogens is 508 g/mol. The van der Waals surface area contributed by atoms with Crippen LogP contribution in [-0.4, -0.2) is 19.6 Å². The summed E-state index contributed by atoms with van der Waals surface area (Å²) in [6.45, 7) is 0. The predicted molar refractivity (Wildman–Crippen MR) is 124 cm³/mol. The Morgan fingerprint density at radius 3 is 2.79 bits per heavy atom. The van der Waals surface area contributed by atoms with Crippen molar-refractivity contribution in [3.63, 3.8) is 0 Å². The first-order valence-corrected chi connectivity index (χ1v) is 11.7. The van der Waals surface area contributed by atoms with Crippen molar-refractivity contribution in [1.29, 1.82) is 0 Å². The van der Waals surface area contributed by atoms with E-state index in [1.54, 1.807) is 40.4 Å². The Kier molecular flexibility index (Phi) is 3.91. The van der Waals surface area contributed by atoms with Gasteiger partial charge in [-0.25, -0.2) is 19.3 Å². The molecule has 160 valence electrons. The number of halogens is 1. The van der Waals surface area contributed by atoms with Crippen molar-refractivity contribution < 1.29 is 13.6 Å². The van der Waals surface area contributed by atoms with Crippen LogP contribution in [-0.2, 0) is 0 Å². The van der Waals surface area contributed by atoms with Crippen molar-refractivity contribution in [3.8, 4) is 23.2 Å². The van der Waals surface area contributed by atoms with Crippen molar-refractivity contribution in [2.24, 2.45) is 0 Å². The Labute approximate surface area is 197 Å². The lowest BCUT2D eigenvalue weighted by Gasteiger charge is -2.26. The third-order valence-corrected chi connectivity index (χ3v) is 6.76. The molecule has 10 heteroatoms. The zero-order valence-corrected chi connectivity index (χ0v) is 19.0. The molecule has 0 spiro atoms. The minimum absolute atomic E-state index is 0.376. The molecule has 0 saturated heterocycles. The van der Waals surface area contributed by atoms with Crippen LogP contribution in [0.4, 0.5) is 0 Å². The molecule has 33 heavy (non-hydrogen) atoms. The van der Waals surface area contributed by atoms with Gasteiger partial charge in [0.1, 0.15) is 11.9 Å². The van der Waals surface area contributed by atoms with E-state index in [-0.39, 0.29) is 0 Å². The zero-order chi connectivity index (χ0) is 22.1. The number of aromatic nitrogens is 4. The molecule has 0 aliphatic carbocycles. The Hall–Kier alpha value is -3.76. The number of ether oxygens (including phenoxy) is 1. The highest BCUT2D eigenvalue weighted by Crippen LogP contribution is 2.49. The quantitative estimate of drug-likeness (QED) is 0.275. The van der Waals surface area contributed by atoms with E-state index in [2.05, 4.69) is 26.0 Å². The van der Waals surface area contributed by atoms with Gasteiger partial charge in [0, 0.05) is 0 Å². The topological polar surface area (TPSA) is 95.7 Å². The third-order valence-electron chi connectivity index (χ3n) is 5.63. The summed E-state index contributed by atoms with van der Waals surface area (Å²) in [6, 6.07) is 12.8. The van der Waals surface area contributed by atoms with E-state index in [1.807, 2.05) is 35.0 Å². The molecule has 0 radical (unpaired) electrons. The van der Waals surface area contributed by atoms with Gasteiger partial charge in [-0.15, -0.1) is 5.10 Å². The zero-order valence-electron chi connectivity index (χ0n) is 16.6. The van der Waals surface area contributed by atoms with Crippen molar-refractivity contribution in [2.45, 2.75) is 5.92 Å². The Morgan fingerprint density at radius 2 is 1.97 bits per heavy atom. The van der Waals surface area contributed by atoms with Gasteiger partial charge in [-0.05, 0) is 62.6 Å². The number of benzene rings is 1. The number of thiophene rings is 1. The first kappa shape index (κ1) is 18.8. The van der Waals surface area contributed by atoms with Gasteiger partial charge in [-0.2, -0.15) is 11.3 Å². The summed E-state index contributed by atoms with van der Waals surface area (Å²) in [5.74, 6) is 1.26. The largest absolute Gasteiger partial charge is 0.446 e. The first-order chi connectivity index (χ1) is 16.2. The van der Waals surface area contributed by atoms with E-state index in [9.17, 15) is 4.79 Å². The SMILES string of the molecule is O=c1oc2ccccc2c2c1C(c1ccsc1)c1c(ncn3nc(-c4ccc(Br)o4)nc13)O2. The standard InChI is InChI=1S/C23H11BrN4O4S/c24-15-6-5-14(30-15)20-26-21-18-16(11-7-8-33-9-11)17-19(32-22(18)25-10-28(21)27-20)12-3-1-2-4-13(12)31-23(17)29/h1-10,16H. The Balaban J connectivity index is 1.55. The summed E-state index contributed by atoms with van der Waals surface area (Å²) >= 11 is 4.85. The van der Waals surface area contributed by atoms with Gasteiger partial charge in [0.05, 0.1) is 22.4 Å². The number of furan rings is 1. The number of para-hydroxylation sites is 1. The maximum Gasteiger partial charge on any atom is 0.344 e. The fourth-order valence-electron chi connectivity index (χ4n) is 4.24. The molecular formula is C23H11BrN4O4S. The molecule has 1 unspecified atom stereocenters. The molecule has 1 aliphatic heterocycles. The van der Waals surface area contributed by atoms with Crippen LogP contribution in [0.2, 0.25) is 0 Å². The fraction of sp³-hybridized carbons (Fsp3) is 0.0435. The highest BCUT2D eigenvalue weighted by atomic mass is 79.9. The lowest BCUT2D eigenvalue weighted by Crippen LogP contribution is -2.22. The highest BCUT2D eigenvalue weighted by molar-refractivity contribution is 9.10. The third kappa shape index (κ3) is 2.74. The molecule has 1 aliphatic rings. The molecule has 6 heterocycles. The van der Waals surface area contributed by atoms with E-state index in [1.165, 1.54) is 0 Å². The van der Waals surface area contributed by atoms with Crippen LogP contribution in [0.3, 0.4) is 0 Å². The van der Waals surface area contributed by atoms with Gasteiger partial charge in [0.2, 0.25) is 11.7 Å². The van der Waals surface area contributed by atoms with Gasteiger partial charge in [0.15, 0.2) is 21.8 Å². The maximum absolute atomic E-state index is 13.2. The molecule has 7 rings (SSSR count). The van der Waals surface area contributed by atoms with Crippen LogP contribution < -0.4 is 10.4 Å². The molecule has 0 N–H and O–H groups in total. The molecule has 5 aromatic heterocycles. The second kappa shape index (κ2) is 6.87. The van der Waals surface area contributed by atoms with Crippen LogP contribution in [0.25, 0.3) is 28.2 Å². The van der Waals surface area contributed by atoms with Gasteiger partial charge >= 0.3 is 5.63 Å². The number of fused-ring (bicyclic) bond motifs is 6. The van der Waals surface area contributed by atoms with E-state index in [4.69, 9.17) is 18.6 Å². The minimum atomic E-state index is -0.479. The summed E-state index contributed by atoms with van der Waals surface area (Å²) in [5.41, 5.74) is 2.52. The smallest absolute Gasteiger partial charge is 0.344 e. The normalized spacial score (nSPS) is 14.9. The molecule has 0 saturated carbocycles. The highest BCUT2D eigenvalue weighted by Gasteiger charge is 2.37. The molecule has 0 amide bonds. The number of nitrogens with zero attached hydrogens (tertiary/aromatic N) is 4. The van der Waals surface area contributed by atoms with Gasteiger partial charge in [-0.3, -0.25) is 0 Å². The van der Waals surface area contributed by atoms with Crippen LogP contribution in [0.1, 0.15) is 22.6 Å². The summed E-state index contributed by atoms with van der Waals surface area (Å²) in [6.07, 6.45) is 1.55. The summed E-state index contributed by atoms with van der Waals surface area (Å²) in [5, 5.41) is 9.20. The number of hydrogen-bond donors (Lipinski definition) is 0. The average Bonchev–Trinajstić information content (AvgIpc) is 3.58. The van der Waals surface area contributed by atoms with Crippen molar-refractivity contribution in [2.75, 3.05) is 0 Å². The molecule has 6 aromatic rings. The van der Waals surface area contributed by atoms with Crippen molar-refractivity contribution >= 4 is 43.9 Å². The predicted octanol–water partition coefficient (Wildman–Crippen LogP) is 5.60. The van der Waals surface area contributed by atoms with Gasteiger partial charge in [0.25, 0.3) is 0 Å². The minimum Gasteiger partial charge on any atom is -0.446 e. The van der Waals surface area contributed by atoms with E-state index >= 15 is 0 Å². The first-order valence-electron chi connectivity index (χ1n) is 9.94. The summed E-state index contributed by atoms with van der Waals surface area (Å²) < 4.78 is 19.7. The number of hydrogen-bond acceptors (Lipinski definition) is 8. The monoisotopic (exact) mass is 518 g/mol. The molecule has 1 aromatic carbocycles. The second-order valence-corrected chi connectivity index (χ2v) is 9.05. The second-order valence-electron chi connectivity index (χ2n) is 7.49. The molecule has 8 nitrogen and oxygen atoms in total. The Bertz CT molecular complexity index is 1750. The van der Waals surface area contributed by atoms with Gasteiger partial charge < -0.3 is 13.6 Å². The van der Waals surface area contributed by atoms with E-state index in [0.717, 1.165) is 5.56 Å². The fourth-order valence-corrected chi connectivity index (χ4v) is 5.23. The number of rotatable bonds is 2. The Morgan fingerprint density at radius 1 is 1.06 bits per heavy atom.